The van der Waals surface area contributed by atoms with Gasteiger partial charge in [-0.05, 0) is 27.7 Å². The van der Waals surface area contributed by atoms with Gasteiger partial charge >= 0.3 is 13.6 Å². The normalized spacial score (nSPS) is 13.2. The smallest absolute Gasteiger partial charge is 0.370 e. The molecule has 0 aliphatic carbocycles. The van der Waals surface area contributed by atoms with Crippen LogP contribution in [0.15, 0.2) is 12.2 Å². The molecule has 0 spiro atoms. The molecule has 0 aromatic heterocycles. The highest BCUT2D eigenvalue weighted by Gasteiger charge is 2.35. The van der Waals surface area contributed by atoms with E-state index >= 15 is 0 Å². The summed E-state index contributed by atoms with van der Waals surface area (Å²) >= 11 is 0. The molecule has 0 aliphatic heterocycles. The summed E-state index contributed by atoms with van der Waals surface area (Å²) in [6.45, 7) is 10.3. The number of rotatable bonds is 7. The summed E-state index contributed by atoms with van der Waals surface area (Å²) in [6, 6.07) is 0. The Morgan fingerprint density at radius 1 is 1.31 bits per heavy atom. The molecule has 1 atom stereocenters. The van der Waals surface area contributed by atoms with Gasteiger partial charge in [0.05, 0.1) is 13.2 Å². The van der Waals surface area contributed by atoms with E-state index in [2.05, 4.69) is 6.58 Å². The van der Waals surface area contributed by atoms with E-state index in [-0.39, 0.29) is 18.8 Å². The van der Waals surface area contributed by atoms with Crippen LogP contribution in [0.25, 0.3) is 0 Å². The van der Waals surface area contributed by atoms with Gasteiger partial charge in [0.25, 0.3) is 0 Å². The van der Waals surface area contributed by atoms with E-state index in [1.54, 1.807) is 13.8 Å². The second kappa shape index (κ2) is 6.84. The fourth-order valence-electron chi connectivity index (χ4n) is 0.927. The van der Waals surface area contributed by atoms with E-state index in [9.17, 15) is 9.36 Å². The molecule has 0 aromatic rings. The van der Waals surface area contributed by atoms with Crippen molar-refractivity contribution in [2.45, 2.75) is 33.5 Å². The molecule has 0 bridgehead atoms. The summed E-state index contributed by atoms with van der Waals surface area (Å²) < 4.78 is 27.1. The maximum Gasteiger partial charge on any atom is 0.370 e. The Labute approximate surface area is 96.3 Å². The van der Waals surface area contributed by atoms with Crippen molar-refractivity contribution < 1.29 is 23.1 Å². The van der Waals surface area contributed by atoms with Crippen molar-refractivity contribution in [1.82, 2.24) is 0 Å². The van der Waals surface area contributed by atoms with E-state index in [1.165, 1.54) is 13.8 Å². The van der Waals surface area contributed by atoms with Gasteiger partial charge < -0.3 is 13.8 Å². The van der Waals surface area contributed by atoms with Gasteiger partial charge in [-0.25, -0.2) is 4.79 Å². The molecular formula is C10H19O5P. The molecule has 0 N–H and O–H groups in total. The van der Waals surface area contributed by atoms with Crippen molar-refractivity contribution in [3.8, 4) is 0 Å². The second-order valence-corrected chi connectivity index (χ2v) is 5.48. The number of carbonyl (C=O) groups excluding carboxylic acids is 1. The van der Waals surface area contributed by atoms with Gasteiger partial charge in [-0.15, -0.1) is 0 Å². The lowest BCUT2D eigenvalue weighted by Crippen LogP contribution is -2.18. The maximum atomic E-state index is 12.1. The number of hydrogen-bond acceptors (Lipinski definition) is 5. The SMILES string of the molecule is C=C(C)C(=O)OC(C)P(=O)(OCC)OCC. The minimum atomic E-state index is -3.39. The Morgan fingerprint density at radius 2 is 1.75 bits per heavy atom. The van der Waals surface area contributed by atoms with Gasteiger partial charge in [-0.1, -0.05) is 6.58 Å². The zero-order valence-electron chi connectivity index (χ0n) is 10.2. The van der Waals surface area contributed by atoms with Crippen LogP contribution in [0.1, 0.15) is 27.7 Å². The molecule has 0 rings (SSSR count). The Hall–Kier alpha value is -0.640. The Morgan fingerprint density at radius 3 is 2.06 bits per heavy atom. The van der Waals surface area contributed by atoms with Crippen LogP contribution >= 0.6 is 7.60 Å². The van der Waals surface area contributed by atoms with Crippen LogP contribution in [0.2, 0.25) is 0 Å². The topological polar surface area (TPSA) is 61.8 Å². The average Bonchev–Trinajstić information content (AvgIpc) is 2.18. The second-order valence-electron chi connectivity index (χ2n) is 3.16. The highest BCUT2D eigenvalue weighted by Crippen LogP contribution is 2.53. The molecule has 1 unspecified atom stereocenters. The first-order valence-corrected chi connectivity index (χ1v) is 6.73. The van der Waals surface area contributed by atoms with Crippen molar-refractivity contribution in [3.05, 3.63) is 12.2 Å². The molecule has 0 aromatic carbocycles. The molecule has 0 saturated heterocycles. The van der Waals surface area contributed by atoms with Crippen LogP contribution in [0, 0.1) is 0 Å². The average molecular weight is 250 g/mol. The van der Waals surface area contributed by atoms with E-state index in [0.717, 1.165) is 0 Å². The van der Waals surface area contributed by atoms with Crippen molar-refractivity contribution in [1.29, 1.82) is 0 Å². The standard InChI is InChI=1S/C10H19O5P/c1-6-13-16(12,14-7-2)9(5)15-10(11)8(3)4/h9H,3,6-7H2,1-2,4-5H3. The third-order valence-electron chi connectivity index (χ3n) is 1.69. The summed E-state index contributed by atoms with van der Waals surface area (Å²) in [6.07, 6.45) is 0. The molecule has 0 amide bonds. The summed E-state index contributed by atoms with van der Waals surface area (Å²) in [5, 5.41) is 0. The number of esters is 1. The molecule has 0 saturated carbocycles. The molecule has 0 fully saturated rings. The number of carbonyl (C=O) groups is 1. The lowest BCUT2D eigenvalue weighted by atomic mass is 10.4. The van der Waals surface area contributed by atoms with Crippen molar-refractivity contribution in [2.75, 3.05) is 13.2 Å². The van der Waals surface area contributed by atoms with Crippen molar-refractivity contribution in [3.63, 3.8) is 0 Å². The Kier molecular flexibility index (Phi) is 6.56. The highest BCUT2D eigenvalue weighted by molar-refractivity contribution is 7.54. The first-order valence-electron chi connectivity index (χ1n) is 5.12. The zero-order valence-corrected chi connectivity index (χ0v) is 11.1. The van der Waals surface area contributed by atoms with Crippen molar-refractivity contribution in [2.24, 2.45) is 0 Å². The monoisotopic (exact) mass is 250 g/mol. The number of ether oxygens (including phenoxy) is 1. The first-order chi connectivity index (χ1) is 7.37. The lowest BCUT2D eigenvalue weighted by Gasteiger charge is -2.23. The van der Waals surface area contributed by atoms with Crippen LogP contribution in [0.3, 0.4) is 0 Å². The predicted octanol–water partition coefficient (Wildman–Crippen LogP) is 2.72. The molecule has 6 heteroatoms. The summed E-state index contributed by atoms with van der Waals surface area (Å²) in [7, 11) is -3.39. The van der Waals surface area contributed by atoms with Gasteiger partial charge in [0, 0.05) is 5.57 Å². The fraction of sp³-hybridized carbons (Fsp3) is 0.700. The summed E-state index contributed by atoms with van der Waals surface area (Å²) in [5.74, 6) is -1.54. The third-order valence-corrected chi connectivity index (χ3v) is 3.92. The van der Waals surface area contributed by atoms with Gasteiger partial charge in [-0.3, -0.25) is 4.57 Å². The van der Waals surface area contributed by atoms with Crippen LogP contribution in [-0.2, 0) is 23.1 Å². The minimum Gasteiger partial charge on any atom is -0.446 e. The molecular weight excluding hydrogens is 231 g/mol. The van der Waals surface area contributed by atoms with Gasteiger partial charge in [-0.2, -0.15) is 0 Å². The van der Waals surface area contributed by atoms with E-state index < -0.39 is 19.4 Å². The van der Waals surface area contributed by atoms with Gasteiger partial charge in [0.1, 0.15) is 0 Å². The molecule has 0 aliphatic rings. The highest BCUT2D eigenvalue weighted by atomic mass is 31.2. The lowest BCUT2D eigenvalue weighted by molar-refractivity contribution is -0.141. The van der Waals surface area contributed by atoms with Crippen molar-refractivity contribution >= 4 is 13.6 Å². The van der Waals surface area contributed by atoms with Crippen LogP contribution in [0.5, 0.6) is 0 Å². The zero-order chi connectivity index (χ0) is 12.8. The van der Waals surface area contributed by atoms with Gasteiger partial charge in [0.2, 0.25) is 0 Å². The predicted molar refractivity (Wildman–Crippen MR) is 61.2 cm³/mol. The fourth-order valence-corrected chi connectivity index (χ4v) is 2.37. The maximum absolute atomic E-state index is 12.1. The molecule has 94 valence electrons. The Bertz CT molecular complexity index is 290. The van der Waals surface area contributed by atoms with Gasteiger partial charge in [0.15, 0.2) is 5.85 Å². The third kappa shape index (κ3) is 4.47. The largest absolute Gasteiger partial charge is 0.446 e. The Balaban J connectivity index is 4.62. The van der Waals surface area contributed by atoms with Crippen LogP contribution in [0.4, 0.5) is 0 Å². The first kappa shape index (κ1) is 15.4. The van der Waals surface area contributed by atoms with E-state index in [4.69, 9.17) is 13.8 Å². The van der Waals surface area contributed by atoms with Crippen LogP contribution < -0.4 is 0 Å². The summed E-state index contributed by atoms with van der Waals surface area (Å²) in [4.78, 5) is 11.3. The molecule has 0 heterocycles. The molecule has 5 nitrogen and oxygen atoms in total. The van der Waals surface area contributed by atoms with E-state index in [0.29, 0.717) is 0 Å². The van der Waals surface area contributed by atoms with Crippen LogP contribution in [-0.4, -0.2) is 25.0 Å². The molecule has 16 heavy (non-hydrogen) atoms. The molecule has 0 radical (unpaired) electrons. The number of hydrogen-bond donors (Lipinski definition) is 0. The van der Waals surface area contributed by atoms with E-state index in [1.807, 2.05) is 0 Å². The summed E-state index contributed by atoms with van der Waals surface area (Å²) in [5.41, 5.74) is 0.242. The minimum absolute atomic E-state index is 0.228. The quantitative estimate of drug-likeness (QED) is 0.395.